The highest BCUT2D eigenvalue weighted by Gasteiger charge is 2.18. The van der Waals surface area contributed by atoms with E-state index in [4.69, 9.17) is 22.3 Å². The fraction of sp³-hybridized carbons (Fsp3) is 0.400. The predicted molar refractivity (Wildman–Crippen MR) is 44.2 cm³/mol. The Balaban J connectivity index is 4.19. The summed E-state index contributed by atoms with van der Waals surface area (Å²) in [7, 11) is 0. The van der Waals surface area contributed by atoms with Crippen LogP contribution < -0.4 is 22.6 Å². The van der Waals surface area contributed by atoms with Crippen molar-refractivity contribution in [2.24, 2.45) is 22.3 Å². The van der Waals surface area contributed by atoms with Crippen molar-refractivity contribution in [3.63, 3.8) is 0 Å². The molecule has 0 aliphatic rings. The molecule has 0 unspecified atom stereocenters. The summed E-state index contributed by atoms with van der Waals surface area (Å²) in [5.41, 5.74) is 16.7. The molecule has 0 rings (SSSR count). The molecule has 0 saturated heterocycles. The van der Waals surface area contributed by atoms with Gasteiger partial charge in [-0.1, -0.05) is 0 Å². The summed E-state index contributed by atoms with van der Waals surface area (Å²) < 4.78 is 0. The summed E-state index contributed by atoms with van der Waals surface area (Å²) >= 11 is 0. The fourth-order valence-electron chi connectivity index (χ4n) is 0.542. The third-order valence-corrected chi connectivity index (χ3v) is 1.05. The zero-order valence-electron chi connectivity index (χ0n) is 6.73. The van der Waals surface area contributed by atoms with Crippen LogP contribution in [0.4, 0.5) is 0 Å². The van der Waals surface area contributed by atoms with E-state index < -0.39 is 17.9 Å². The first kappa shape index (κ1) is 11.0. The van der Waals surface area contributed by atoms with Gasteiger partial charge in [0.2, 0.25) is 11.9 Å². The lowest BCUT2D eigenvalue weighted by Gasteiger charge is -2.08. The van der Waals surface area contributed by atoms with E-state index in [1.165, 1.54) is 0 Å². The molecule has 0 aromatic carbocycles. The number of amides is 1. The van der Waals surface area contributed by atoms with Crippen LogP contribution in [0.2, 0.25) is 0 Å². The van der Waals surface area contributed by atoms with E-state index in [-0.39, 0.29) is 12.4 Å². The molecule has 8 N–H and O–H groups in total. The molecule has 74 valence electrons. The number of hydrogen-bond donors (Lipinski definition) is 5. The molecule has 0 spiro atoms. The van der Waals surface area contributed by atoms with E-state index >= 15 is 0 Å². The zero-order chi connectivity index (χ0) is 10.4. The number of nitrogens with one attached hydrogen (secondary N) is 1. The van der Waals surface area contributed by atoms with Gasteiger partial charge < -0.3 is 22.3 Å². The van der Waals surface area contributed by atoms with Crippen LogP contribution >= 0.6 is 0 Å². The monoisotopic (exact) mass is 189 g/mol. The second-order valence-corrected chi connectivity index (χ2v) is 2.23. The number of rotatable bonds is 5. The number of nitrogens with two attached hydrogens (primary N) is 3. The molecule has 8 heteroatoms. The summed E-state index contributed by atoms with van der Waals surface area (Å²) in [6.45, 7) is 0. The third-order valence-electron chi connectivity index (χ3n) is 1.05. The van der Waals surface area contributed by atoms with Crippen LogP contribution in [0.1, 0.15) is 6.42 Å². The largest absolute Gasteiger partial charge is 0.480 e. The Bertz CT molecular complexity index is 234. The highest BCUT2D eigenvalue weighted by atomic mass is 16.4. The van der Waals surface area contributed by atoms with Gasteiger partial charge >= 0.3 is 5.97 Å². The smallest absolute Gasteiger partial charge is 0.328 e. The number of primary amides is 1. The Labute approximate surface area is 73.8 Å². The van der Waals surface area contributed by atoms with E-state index in [9.17, 15) is 9.59 Å². The van der Waals surface area contributed by atoms with Gasteiger partial charge in [-0.2, -0.15) is 0 Å². The Kier molecular flexibility index (Phi) is 4.07. The van der Waals surface area contributed by atoms with Gasteiger partial charge in [0.25, 0.3) is 0 Å². The first-order valence-electron chi connectivity index (χ1n) is 3.28. The minimum atomic E-state index is -1.26. The molecule has 0 radical (unpaired) electrons. The first-order chi connectivity index (χ1) is 5.93. The number of carbonyl (C=O) groups is 2. The maximum Gasteiger partial charge on any atom is 0.328 e. The number of carbonyl (C=O) groups excluding carboxylic acids is 1. The second kappa shape index (κ2) is 4.80. The minimum absolute atomic E-state index is 0.323. The molecule has 0 aliphatic carbocycles. The minimum Gasteiger partial charge on any atom is -0.480 e. The SMILES string of the molecule is NC(=O)C[C@H](NN=C(N)N)C(=O)O. The molecule has 1 atom stereocenters. The summed E-state index contributed by atoms with van der Waals surface area (Å²) in [6.07, 6.45) is -0.383. The number of hydrazone groups is 1. The van der Waals surface area contributed by atoms with E-state index in [0.29, 0.717) is 0 Å². The van der Waals surface area contributed by atoms with Crippen molar-refractivity contribution in [1.29, 1.82) is 0 Å². The van der Waals surface area contributed by atoms with Crippen LogP contribution in [0.5, 0.6) is 0 Å². The lowest BCUT2D eigenvalue weighted by atomic mass is 10.2. The van der Waals surface area contributed by atoms with E-state index in [1.54, 1.807) is 0 Å². The summed E-state index contributed by atoms with van der Waals surface area (Å²) in [5, 5.41) is 11.7. The first-order valence-corrected chi connectivity index (χ1v) is 3.28. The molecule has 13 heavy (non-hydrogen) atoms. The lowest BCUT2D eigenvalue weighted by molar-refractivity contribution is -0.141. The van der Waals surface area contributed by atoms with Crippen molar-refractivity contribution in [3.8, 4) is 0 Å². The lowest BCUT2D eigenvalue weighted by Crippen LogP contribution is -2.39. The van der Waals surface area contributed by atoms with Gasteiger partial charge in [-0.15, -0.1) is 5.10 Å². The quantitative estimate of drug-likeness (QED) is 0.177. The summed E-state index contributed by atoms with van der Waals surface area (Å²) in [6, 6.07) is -1.21. The Morgan fingerprint density at radius 2 is 1.92 bits per heavy atom. The molecule has 0 aliphatic heterocycles. The molecule has 0 fully saturated rings. The molecular weight excluding hydrogens is 178 g/mol. The van der Waals surface area contributed by atoms with Crippen LogP contribution in [0.3, 0.4) is 0 Å². The van der Waals surface area contributed by atoms with Gasteiger partial charge in [0, 0.05) is 0 Å². The second-order valence-electron chi connectivity index (χ2n) is 2.23. The van der Waals surface area contributed by atoms with Crippen LogP contribution in [-0.4, -0.2) is 29.0 Å². The average Bonchev–Trinajstić information content (AvgIpc) is 1.96. The van der Waals surface area contributed by atoms with Crippen molar-refractivity contribution in [2.75, 3.05) is 0 Å². The average molecular weight is 189 g/mol. The number of guanidine groups is 1. The predicted octanol–water partition coefficient (Wildman–Crippen LogP) is -2.91. The molecule has 0 aromatic heterocycles. The van der Waals surface area contributed by atoms with Crippen molar-refractivity contribution < 1.29 is 14.7 Å². The maximum atomic E-state index is 10.4. The van der Waals surface area contributed by atoms with Gasteiger partial charge in [0.05, 0.1) is 6.42 Å². The number of hydrogen-bond acceptors (Lipinski definition) is 4. The molecule has 0 bridgehead atoms. The molecular formula is C5H11N5O3. The fourth-order valence-corrected chi connectivity index (χ4v) is 0.542. The summed E-state index contributed by atoms with van der Waals surface area (Å²) in [5.74, 6) is -2.34. The number of carboxylic acid groups (broad SMARTS) is 1. The van der Waals surface area contributed by atoms with Gasteiger partial charge in [-0.05, 0) is 0 Å². The van der Waals surface area contributed by atoms with Crippen LogP contribution in [0, 0.1) is 0 Å². The standard InChI is InChI=1S/C5H11N5O3/c6-3(11)1-2(4(12)13)9-10-5(7)8/h2,9H,1H2,(H2,6,11)(H,12,13)(H4,7,8,10)/t2-/m0/s1. The molecule has 0 saturated carbocycles. The van der Waals surface area contributed by atoms with Gasteiger partial charge in [0.1, 0.15) is 6.04 Å². The Morgan fingerprint density at radius 1 is 1.38 bits per heavy atom. The maximum absolute atomic E-state index is 10.4. The number of carboxylic acids is 1. The van der Waals surface area contributed by atoms with E-state index in [2.05, 4.69) is 10.5 Å². The molecule has 0 aromatic rings. The Morgan fingerprint density at radius 3 is 2.23 bits per heavy atom. The molecule has 0 heterocycles. The van der Waals surface area contributed by atoms with Gasteiger partial charge in [-0.25, -0.2) is 4.79 Å². The number of aliphatic carboxylic acids is 1. The van der Waals surface area contributed by atoms with Crippen LogP contribution in [0.25, 0.3) is 0 Å². The molecule has 8 nitrogen and oxygen atoms in total. The van der Waals surface area contributed by atoms with Crippen molar-refractivity contribution in [2.45, 2.75) is 12.5 Å². The topological polar surface area (TPSA) is 157 Å². The highest BCUT2D eigenvalue weighted by Crippen LogP contribution is 1.90. The van der Waals surface area contributed by atoms with Crippen molar-refractivity contribution in [1.82, 2.24) is 5.43 Å². The normalized spacial score (nSPS) is 11.4. The van der Waals surface area contributed by atoms with E-state index in [0.717, 1.165) is 0 Å². The van der Waals surface area contributed by atoms with Gasteiger partial charge in [0.15, 0.2) is 0 Å². The van der Waals surface area contributed by atoms with Crippen LogP contribution in [-0.2, 0) is 9.59 Å². The van der Waals surface area contributed by atoms with Crippen molar-refractivity contribution >= 4 is 17.8 Å². The summed E-state index contributed by atoms with van der Waals surface area (Å²) in [4.78, 5) is 20.8. The molecule has 1 amide bonds. The van der Waals surface area contributed by atoms with Gasteiger partial charge in [-0.3, -0.25) is 10.2 Å². The highest BCUT2D eigenvalue weighted by molar-refractivity contribution is 5.83. The third kappa shape index (κ3) is 5.30. The van der Waals surface area contributed by atoms with E-state index in [1.807, 2.05) is 0 Å². The Hall–Kier alpha value is -1.99. The van der Waals surface area contributed by atoms with Crippen LogP contribution in [0.15, 0.2) is 5.10 Å². The van der Waals surface area contributed by atoms with Crippen molar-refractivity contribution in [3.05, 3.63) is 0 Å². The number of nitrogens with zero attached hydrogens (tertiary/aromatic N) is 1. The zero-order valence-corrected chi connectivity index (χ0v) is 6.73.